The summed E-state index contributed by atoms with van der Waals surface area (Å²) in [6, 6.07) is 6.71. The summed E-state index contributed by atoms with van der Waals surface area (Å²) in [5, 5.41) is 42.3. The van der Waals surface area contributed by atoms with Crippen molar-refractivity contribution >= 4 is 39.2 Å². The number of methoxy groups -OCH3 is 1. The Balaban J connectivity index is 1.76. The Morgan fingerprint density at radius 2 is 1.74 bits per heavy atom. The molecule has 2 heterocycles. The molecular weight excluding hydrogens is 580 g/mol. The van der Waals surface area contributed by atoms with E-state index in [1.54, 1.807) is 0 Å². The van der Waals surface area contributed by atoms with E-state index in [1.807, 2.05) is 0 Å². The second kappa shape index (κ2) is 11.7. The van der Waals surface area contributed by atoms with Crippen LogP contribution >= 0.6 is 0 Å². The van der Waals surface area contributed by atoms with Gasteiger partial charge in [0.25, 0.3) is 11.8 Å². The van der Waals surface area contributed by atoms with E-state index in [-0.39, 0.29) is 33.9 Å². The van der Waals surface area contributed by atoms with Gasteiger partial charge in [-0.2, -0.15) is 0 Å². The summed E-state index contributed by atoms with van der Waals surface area (Å²) >= 11 is 0. The van der Waals surface area contributed by atoms with E-state index in [0.29, 0.717) is 0 Å². The number of carboxylic acids is 1. The molecule has 3 amide bonds. The van der Waals surface area contributed by atoms with Gasteiger partial charge in [0.1, 0.15) is 28.1 Å². The number of carboxylic acid groups (broad SMARTS) is 1. The zero-order valence-electron chi connectivity index (χ0n) is 22.5. The van der Waals surface area contributed by atoms with Gasteiger partial charge in [-0.1, -0.05) is 12.1 Å². The maximum absolute atomic E-state index is 13.6. The van der Waals surface area contributed by atoms with E-state index in [4.69, 9.17) is 14.2 Å². The standard InChI is InChI=1S/C26H28N2O13S/c1-11(29)27-14-6-4-5-13-18(14)24(34)28(23(13)33)15(10-42(3,37)38)12-7-8-16(39-2)17(9-12)40-26-21(32)19(30)20(31)22(41-26)25(35)36/h4-9,15,19-22,26,30-32H,10H2,1-3H3,(H,27,29)(H,35,36)/t15-,19+,20+,21-,22+,26-/m1/s1. The van der Waals surface area contributed by atoms with Crippen LogP contribution in [-0.2, 0) is 24.2 Å². The highest BCUT2D eigenvalue weighted by molar-refractivity contribution is 7.90. The molecule has 0 spiro atoms. The Morgan fingerprint density at radius 3 is 2.33 bits per heavy atom. The number of fused-ring (bicyclic) bond motifs is 1. The van der Waals surface area contributed by atoms with Crippen LogP contribution in [0.3, 0.4) is 0 Å². The van der Waals surface area contributed by atoms with E-state index in [9.17, 15) is 48.0 Å². The van der Waals surface area contributed by atoms with Crippen molar-refractivity contribution < 1.29 is 62.2 Å². The smallest absolute Gasteiger partial charge is 0.335 e. The summed E-state index contributed by atoms with van der Waals surface area (Å²) in [6.45, 7) is 1.22. The maximum atomic E-state index is 13.6. The highest BCUT2D eigenvalue weighted by Crippen LogP contribution is 2.39. The lowest BCUT2D eigenvalue weighted by atomic mass is 9.99. The van der Waals surface area contributed by atoms with Crippen LogP contribution in [0.25, 0.3) is 0 Å². The molecule has 16 heteroatoms. The van der Waals surface area contributed by atoms with Crippen LogP contribution in [-0.4, -0.2) is 107 Å². The van der Waals surface area contributed by atoms with E-state index in [2.05, 4.69) is 5.32 Å². The Morgan fingerprint density at radius 1 is 1.05 bits per heavy atom. The molecule has 5 N–H and O–H groups in total. The van der Waals surface area contributed by atoms with Gasteiger partial charge in [-0.05, 0) is 29.8 Å². The number of aliphatic hydroxyl groups excluding tert-OH is 3. The molecule has 0 bridgehead atoms. The number of amides is 3. The summed E-state index contributed by atoms with van der Waals surface area (Å²) in [5.74, 6) is -4.77. The first-order valence-corrected chi connectivity index (χ1v) is 14.4. The number of carbonyl (C=O) groups is 4. The number of aliphatic carboxylic acids is 1. The molecule has 0 unspecified atom stereocenters. The van der Waals surface area contributed by atoms with Crippen molar-refractivity contribution in [2.24, 2.45) is 0 Å². The SMILES string of the molecule is COc1ccc([C@@H](CS(C)(=O)=O)N2C(=O)c3cccc(NC(C)=O)c3C2=O)cc1O[C@@H]1O[C@H](C(=O)O)[C@@H](O)[C@H](O)[C@H]1O. The van der Waals surface area contributed by atoms with Gasteiger partial charge in [0, 0.05) is 13.2 Å². The molecule has 2 aromatic carbocycles. The number of imide groups is 1. The van der Waals surface area contributed by atoms with Crippen molar-refractivity contribution in [3.63, 3.8) is 0 Å². The van der Waals surface area contributed by atoms with Gasteiger partial charge in [0.15, 0.2) is 17.6 Å². The van der Waals surface area contributed by atoms with Gasteiger partial charge in [-0.3, -0.25) is 19.3 Å². The second-order valence-corrected chi connectivity index (χ2v) is 11.9. The number of nitrogens with zero attached hydrogens (tertiary/aromatic N) is 1. The number of ether oxygens (including phenoxy) is 3. The summed E-state index contributed by atoms with van der Waals surface area (Å²) in [5.41, 5.74) is -0.0461. The van der Waals surface area contributed by atoms with Crippen molar-refractivity contribution in [2.45, 2.75) is 43.7 Å². The highest BCUT2D eigenvalue weighted by Gasteiger charge is 2.48. The first-order valence-electron chi connectivity index (χ1n) is 12.4. The number of hydrogen-bond donors (Lipinski definition) is 5. The third-order valence-electron chi connectivity index (χ3n) is 6.66. The van der Waals surface area contributed by atoms with Crippen LogP contribution in [0.4, 0.5) is 5.69 Å². The number of rotatable bonds is 9. The lowest BCUT2D eigenvalue weighted by Crippen LogP contribution is -2.61. The molecule has 2 aliphatic heterocycles. The van der Waals surface area contributed by atoms with E-state index in [0.717, 1.165) is 11.2 Å². The van der Waals surface area contributed by atoms with Crippen LogP contribution in [0, 0.1) is 0 Å². The van der Waals surface area contributed by atoms with E-state index in [1.165, 1.54) is 50.4 Å². The molecule has 1 saturated heterocycles. The molecule has 0 saturated carbocycles. The van der Waals surface area contributed by atoms with Crippen molar-refractivity contribution in [1.82, 2.24) is 4.90 Å². The summed E-state index contributed by atoms with van der Waals surface area (Å²) < 4.78 is 41.0. The average Bonchev–Trinajstić information content (AvgIpc) is 3.16. The molecular formula is C26H28N2O13S. The maximum Gasteiger partial charge on any atom is 0.335 e. The van der Waals surface area contributed by atoms with E-state index < -0.39 is 76.0 Å². The minimum Gasteiger partial charge on any atom is -0.493 e. The van der Waals surface area contributed by atoms with Crippen molar-refractivity contribution in [1.29, 1.82) is 0 Å². The van der Waals surface area contributed by atoms with Crippen LogP contribution in [0.15, 0.2) is 36.4 Å². The molecule has 42 heavy (non-hydrogen) atoms. The lowest BCUT2D eigenvalue weighted by Gasteiger charge is -2.38. The number of carbonyl (C=O) groups excluding carboxylic acids is 3. The zero-order valence-corrected chi connectivity index (χ0v) is 23.3. The molecule has 0 radical (unpaired) electrons. The third kappa shape index (κ3) is 5.93. The zero-order chi connectivity index (χ0) is 31.1. The van der Waals surface area contributed by atoms with Gasteiger partial charge in [0.05, 0.1) is 35.7 Å². The largest absolute Gasteiger partial charge is 0.493 e. The predicted octanol–water partition coefficient (Wildman–Crippen LogP) is -0.693. The number of aliphatic hydroxyl groups is 3. The van der Waals surface area contributed by atoms with Crippen molar-refractivity contribution in [3.05, 3.63) is 53.1 Å². The number of nitrogens with one attached hydrogen (secondary N) is 1. The molecule has 6 atom stereocenters. The topological polar surface area (TPSA) is 226 Å². The van der Waals surface area contributed by atoms with Gasteiger partial charge >= 0.3 is 5.97 Å². The Kier molecular flexibility index (Phi) is 8.56. The predicted molar refractivity (Wildman–Crippen MR) is 142 cm³/mol. The number of anilines is 1. The van der Waals surface area contributed by atoms with Crippen LogP contribution < -0.4 is 14.8 Å². The quantitative estimate of drug-likeness (QED) is 0.222. The minimum atomic E-state index is -3.85. The van der Waals surface area contributed by atoms with Crippen molar-refractivity contribution in [3.8, 4) is 11.5 Å². The monoisotopic (exact) mass is 608 g/mol. The number of benzene rings is 2. The molecule has 0 aliphatic carbocycles. The lowest BCUT2D eigenvalue weighted by molar-refractivity contribution is -0.271. The highest BCUT2D eigenvalue weighted by atomic mass is 32.2. The minimum absolute atomic E-state index is 0.00421. The average molecular weight is 609 g/mol. The van der Waals surface area contributed by atoms with Crippen LogP contribution in [0.2, 0.25) is 0 Å². The van der Waals surface area contributed by atoms with Crippen molar-refractivity contribution in [2.75, 3.05) is 24.4 Å². The summed E-state index contributed by atoms with van der Waals surface area (Å²) in [7, 11) is -2.60. The fraction of sp³-hybridized carbons (Fsp3) is 0.385. The number of sulfone groups is 1. The van der Waals surface area contributed by atoms with Gasteiger partial charge in [0.2, 0.25) is 12.2 Å². The Labute approximate surface area is 239 Å². The molecule has 15 nitrogen and oxygen atoms in total. The van der Waals surface area contributed by atoms with Crippen LogP contribution in [0.5, 0.6) is 11.5 Å². The third-order valence-corrected chi connectivity index (χ3v) is 7.58. The van der Waals surface area contributed by atoms with Gasteiger partial charge in [-0.25, -0.2) is 13.2 Å². The Bertz CT molecular complexity index is 1540. The molecule has 2 aliphatic rings. The first-order chi connectivity index (χ1) is 19.6. The Hall–Kier alpha value is -4.09. The fourth-order valence-electron chi connectivity index (χ4n) is 4.75. The molecule has 1 fully saturated rings. The molecule has 2 aromatic rings. The first kappa shape index (κ1) is 30.9. The molecule has 4 rings (SSSR count). The summed E-state index contributed by atoms with van der Waals surface area (Å²) in [4.78, 5) is 51.0. The fourth-order valence-corrected chi connectivity index (χ4v) is 5.67. The van der Waals surface area contributed by atoms with E-state index >= 15 is 0 Å². The van der Waals surface area contributed by atoms with Crippen LogP contribution in [0.1, 0.15) is 39.2 Å². The van der Waals surface area contributed by atoms with Gasteiger partial charge in [-0.15, -0.1) is 0 Å². The second-order valence-electron chi connectivity index (χ2n) is 9.76. The molecule has 0 aromatic heterocycles. The van der Waals surface area contributed by atoms with Gasteiger partial charge < -0.3 is 40.0 Å². The number of hydrogen-bond acceptors (Lipinski definition) is 12. The molecule has 226 valence electrons. The summed E-state index contributed by atoms with van der Waals surface area (Å²) in [6.07, 6.45) is -8.74. The normalized spacial score (nSPS) is 24.6.